The molecular formula is C14H11ClN2O. The summed E-state index contributed by atoms with van der Waals surface area (Å²) in [7, 11) is 0. The van der Waals surface area contributed by atoms with E-state index in [2.05, 4.69) is 10.1 Å². The van der Waals surface area contributed by atoms with Gasteiger partial charge in [-0.25, -0.2) is 4.98 Å². The Morgan fingerprint density at radius 3 is 2.78 bits per heavy atom. The Morgan fingerprint density at radius 2 is 2.06 bits per heavy atom. The Bertz CT molecular complexity index is 714. The molecule has 3 aromatic rings. The molecule has 0 saturated carbocycles. The number of rotatable bonds is 1. The number of aromatic nitrogens is 2. The third-order valence-electron chi connectivity index (χ3n) is 3.03. The predicted molar refractivity (Wildman–Crippen MR) is 71.7 cm³/mol. The van der Waals surface area contributed by atoms with Crippen molar-refractivity contribution < 1.29 is 4.52 Å². The van der Waals surface area contributed by atoms with E-state index in [1.807, 2.05) is 38.1 Å². The van der Waals surface area contributed by atoms with E-state index in [0.717, 1.165) is 33.4 Å². The van der Waals surface area contributed by atoms with Gasteiger partial charge in [-0.3, -0.25) is 0 Å². The van der Waals surface area contributed by atoms with Crippen molar-refractivity contribution in [1.29, 1.82) is 0 Å². The van der Waals surface area contributed by atoms with Gasteiger partial charge in [0.05, 0.1) is 5.69 Å². The molecule has 0 spiro atoms. The van der Waals surface area contributed by atoms with Crippen LogP contribution in [0.5, 0.6) is 0 Å². The van der Waals surface area contributed by atoms with Crippen LogP contribution in [0.1, 0.15) is 11.5 Å². The molecule has 0 fully saturated rings. The summed E-state index contributed by atoms with van der Waals surface area (Å²) >= 11 is 5.98. The lowest BCUT2D eigenvalue weighted by Crippen LogP contribution is -1.86. The molecule has 90 valence electrons. The summed E-state index contributed by atoms with van der Waals surface area (Å²) < 4.78 is 5.23. The highest BCUT2D eigenvalue weighted by Gasteiger charge is 2.14. The maximum Gasteiger partial charge on any atom is 0.141 e. The van der Waals surface area contributed by atoms with Crippen LogP contribution in [0, 0.1) is 13.8 Å². The lowest BCUT2D eigenvalue weighted by atomic mass is 9.98. The van der Waals surface area contributed by atoms with E-state index in [0.29, 0.717) is 5.15 Å². The van der Waals surface area contributed by atoms with Gasteiger partial charge in [0.25, 0.3) is 0 Å². The Morgan fingerprint density at radius 1 is 1.22 bits per heavy atom. The molecule has 3 rings (SSSR count). The number of nitrogens with zero attached hydrogens (tertiary/aromatic N) is 2. The third kappa shape index (κ3) is 1.68. The van der Waals surface area contributed by atoms with Crippen LogP contribution >= 0.6 is 11.6 Å². The van der Waals surface area contributed by atoms with Crippen LogP contribution in [0.2, 0.25) is 5.15 Å². The van der Waals surface area contributed by atoms with Crippen LogP contribution in [0.4, 0.5) is 0 Å². The van der Waals surface area contributed by atoms with Gasteiger partial charge < -0.3 is 4.52 Å². The molecule has 1 aromatic carbocycles. The summed E-state index contributed by atoms with van der Waals surface area (Å²) in [6.45, 7) is 3.85. The molecular weight excluding hydrogens is 248 g/mol. The highest BCUT2D eigenvalue weighted by atomic mass is 35.5. The van der Waals surface area contributed by atoms with Crippen LogP contribution in [-0.4, -0.2) is 10.1 Å². The molecule has 0 saturated heterocycles. The Balaban J connectivity index is 2.39. The largest absolute Gasteiger partial charge is 0.361 e. The molecule has 4 heteroatoms. The first-order valence-electron chi connectivity index (χ1n) is 5.64. The average Bonchev–Trinajstić information content (AvgIpc) is 2.68. The second-order valence-electron chi connectivity index (χ2n) is 4.23. The van der Waals surface area contributed by atoms with Crippen molar-refractivity contribution in [3.05, 3.63) is 47.1 Å². The molecule has 18 heavy (non-hydrogen) atoms. The molecule has 2 heterocycles. The first-order valence-corrected chi connectivity index (χ1v) is 6.02. The normalized spacial score (nSPS) is 11.1. The van der Waals surface area contributed by atoms with Crippen molar-refractivity contribution in [1.82, 2.24) is 10.1 Å². The van der Waals surface area contributed by atoms with Crippen molar-refractivity contribution in [2.24, 2.45) is 0 Å². The Hall–Kier alpha value is -1.87. The maximum atomic E-state index is 5.98. The zero-order valence-corrected chi connectivity index (χ0v) is 10.8. The third-order valence-corrected chi connectivity index (χ3v) is 3.24. The summed E-state index contributed by atoms with van der Waals surface area (Å²) in [5.74, 6) is 0.813. The Kier molecular flexibility index (Phi) is 2.56. The van der Waals surface area contributed by atoms with E-state index in [1.54, 1.807) is 6.20 Å². The molecule has 0 bridgehead atoms. The van der Waals surface area contributed by atoms with E-state index < -0.39 is 0 Å². The summed E-state index contributed by atoms with van der Waals surface area (Å²) in [6, 6.07) is 7.93. The average molecular weight is 259 g/mol. The molecule has 0 aliphatic heterocycles. The van der Waals surface area contributed by atoms with Gasteiger partial charge in [-0.15, -0.1) is 0 Å². The maximum absolute atomic E-state index is 5.98. The number of aryl methyl sites for hydroxylation is 2. The van der Waals surface area contributed by atoms with Gasteiger partial charge in [-0.2, -0.15) is 0 Å². The summed E-state index contributed by atoms with van der Waals surface area (Å²) in [4.78, 5) is 4.10. The second kappa shape index (κ2) is 4.10. The molecule has 0 unspecified atom stereocenters. The quantitative estimate of drug-likeness (QED) is 0.615. The highest BCUT2D eigenvalue weighted by molar-refractivity contribution is 6.30. The molecule has 0 aliphatic rings. The topological polar surface area (TPSA) is 38.9 Å². The highest BCUT2D eigenvalue weighted by Crippen LogP contribution is 2.33. The lowest BCUT2D eigenvalue weighted by molar-refractivity contribution is 0.393. The Labute approximate surface area is 109 Å². The van der Waals surface area contributed by atoms with Crippen molar-refractivity contribution in [2.75, 3.05) is 0 Å². The van der Waals surface area contributed by atoms with Crippen LogP contribution < -0.4 is 0 Å². The van der Waals surface area contributed by atoms with Gasteiger partial charge >= 0.3 is 0 Å². The van der Waals surface area contributed by atoms with Crippen molar-refractivity contribution in [3.8, 4) is 11.1 Å². The zero-order valence-electron chi connectivity index (χ0n) is 10.1. The molecule has 3 nitrogen and oxygen atoms in total. The summed E-state index contributed by atoms with van der Waals surface area (Å²) in [6.07, 6.45) is 1.78. The van der Waals surface area contributed by atoms with Gasteiger partial charge in [0, 0.05) is 17.1 Å². The number of benzene rings is 1. The zero-order chi connectivity index (χ0) is 12.7. The molecule has 2 aromatic heterocycles. The fourth-order valence-electron chi connectivity index (χ4n) is 2.23. The first-order chi connectivity index (χ1) is 8.66. The van der Waals surface area contributed by atoms with Gasteiger partial charge in [0.15, 0.2) is 0 Å². The number of pyridine rings is 1. The number of halogens is 1. The predicted octanol–water partition coefficient (Wildman–Crippen LogP) is 4.16. The van der Waals surface area contributed by atoms with E-state index >= 15 is 0 Å². The fraction of sp³-hybridized carbons (Fsp3) is 0.143. The van der Waals surface area contributed by atoms with Crippen molar-refractivity contribution >= 4 is 22.4 Å². The number of fused-ring (bicyclic) bond motifs is 1. The SMILES string of the molecule is Cc1noc(C)c1-c1cccc2cnc(Cl)cc12. The van der Waals surface area contributed by atoms with Gasteiger partial charge in [0.2, 0.25) is 0 Å². The molecule has 0 atom stereocenters. The molecule has 0 aliphatic carbocycles. The second-order valence-corrected chi connectivity index (χ2v) is 4.62. The van der Waals surface area contributed by atoms with Gasteiger partial charge in [-0.1, -0.05) is 35.0 Å². The monoisotopic (exact) mass is 258 g/mol. The minimum Gasteiger partial charge on any atom is -0.361 e. The minimum atomic E-state index is 0.488. The minimum absolute atomic E-state index is 0.488. The molecule has 0 radical (unpaired) electrons. The van der Waals surface area contributed by atoms with Crippen LogP contribution in [0.25, 0.3) is 21.9 Å². The lowest BCUT2D eigenvalue weighted by Gasteiger charge is -2.06. The summed E-state index contributed by atoms with van der Waals surface area (Å²) in [5.41, 5.74) is 2.99. The van der Waals surface area contributed by atoms with Crippen LogP contribution in [0.3, 0.4) is 0 Å². The fourth-order valence-corrected chi connectivity index (χ4v) is 2.39. The summed E-state index contributed by atoms with van der Waals surface area (Å²) in [5, 5.41) is 6.60. The van der Waals surface area contributed by atoms with E-state index in [9.17, 15) is 0 Å². The van der Waals surface area contributed by atoms with E-state index in [1.165, 1.54) is 0 Å². The van der Waals surface area contributed by atoms with E-state index in [4.69, 9.17) is 16.1 Å². The number of hydrogen-bond donors (Lipinski definition) is 0. The van der Waals surface area contributed by atoms with Gasteiger partial charge in [0.1, 0.15) is 10.9 Å². The molecule has 0 amide bonds. The standard InChI is InChI=1S/C14H11ClN2O/c1-8-14(9(2)18-17-8)11-5-3-4-10-7-16-13(15)6-12(10)11/h3-7H,1-2H3. The molecule has 0 N–H and O–H groups in total. The first kappa shape index (κ1) is 11.2. The van der Waals surface area contributed by atoms with Gasteiger partial charge in [-0.05, 0) is 30.9 Å². The van der Waals surface area contributed by atoms with Crippen molar-refractivity contribution in [3.63, 3.8) is 0 Å². The smallest absolute Gasteiger partial charge is 0.141 e. The van der Waals surface area contributed by atoms with Crippen LogP contribution in [0.15, 0.2) is 35.0 Å². The van der Waals surface area contributed by atoms with E-state index in [-0.39, 0.29) is 0 Å². The van der Waals surface area contributed by atoms with Crippen molar-refractivity contribution in [2.45, 2.75) is 13.8 Å². The number of hydrogen-bond acceptors (Lipinski definition) is 3. The van der Waals surface area contributed by atoms with Crippen LogP contribution in [-0.2, 0) is 0 Å².